The molecule has 1 heterocycles. The standard InChI is InChI=1S/C21H28F2O/c1-14-3-8-17(9-4-14)19-12-7-16(13-24-19)6-11-18-10-5-15(2)20(22)21(18)23/h5,7,10,14,17,19H,3-4,6,8-9,11-13H2,1-2H3. The van der Waals surface area contributed by atoms with E-state index in [4.69, 9.17) is 4.74 Å². The van der Waals surface area contributed by atoms with Gasteiger partial charge < -0.3 is 4.74 Å². The number of ether oxygens (including phenoxy) is 1. The van der Waals surface area contributed by atoms with Crippen LogP contribution in [0.1, 0.15) is 56.6 Å². The molecule has 3 rings (SSSR count). The molecule has 0 aromatic heterocycles. The molecule has 1 atom stereocenters. The summed E-state index contributed by atoms with van der Waals surface area (Å²) in [5.74, 6) is 0.151. The van der Waals surface area contributed by atoms with Gasteiger partial charge in [-0.3, -0.25) is 0 Å². The summed E-state index contributed by atoms with van der Waals surface area (Å²) in [4.78, 5) is 0. The zero-order valence-electron chi connectivity index (χ0n) is 14.8. The number of hydrogen-bond donors (Lipinski definition) is 0. The van der Waals surface area contributed by atoms with Gasteiger partial charge in [-0.1, -0.05) is 38.0 Å². The highest BCUT2D eigenvalue weighted by atomic mass is 19.2. The van der Waals surface area contributed by atoms with Crippen LogP contribution in [0.5, 0.6) is 0 Å². The third-order valence-electron chi connectivity index (χ3n) is 5.78. The van der Waals surface area contributed by atoms with Crippen LogP contribution in [0.4, 0.5) is 8.78 Å². The smallest absolute Gasteiger partial charge is 0.162 e. The van der Waals surface area contributed by atoms with Crippen LogP contribution >= 0.6 is 0 Å². The van der Waals surface area contributed by atoms with Crippen LogP contribution in [0.2, 0.25) is 0 Å². The summed E-state index contributed by atoms with van der Waals surface area (Å²) in [6, 6.07) is 3.35. The van der Waals surface area contributed by atoms with Crippen LogP contribution in [-0.4, -0.2) is 12.7 Å². The molecule has 0 N–H and O–H groups in total. The highest BCUT2D eigenvalue weighted by molar-refractivity contribution is 5.26. The molecule has 0 spiro atoms. The number of benzene rings is 1. The van der Waals surface area contributed by atoms with Crippen molar-refractivity contribution in [2.45, 2.75) is 64.9 Å². The summed E-state index contributed by atoms with van der Waals surface area (Å²) < 4.78 is 33.6. The normalized spacial score (nSPS) is 27.8. The Labute approximate surface area is 144 Å². The highest BCUT2D eigenvalue weighted by Crippen LogP contribution is 2.34. The quantitative estimate of drug-likeness (QED) is 0.637. The minimum absolute atomic E-state index is 0.356. The first kappa shape index (κ1) is 17.6. The van der Waals surface area contributed by atoms with Crippen molar-refractivity contribution in [1.29, 1.82) is 0 Å². The van der Waals surface area contributed by atoms with Crippen molar-refractivity contribution >= 4 is 0 Å². The lowest BCUT2D eigenvalue weighted by molar-refractivity contribution is 0.00123. The van der Waals surface area contributed by atoms with E-state index < -0.39 is 11.6 Å². The molecular formula is C21H28F2O. The fourth-order valence-corrected chi connectivity index (χ4v) is 3.96. The van der Waals surface area contributed by atoms with Gasteiger partial charge in [-0.2, -0.15) is 0 Å². The monoisotopic (exact) mass is 334 g/mol. The first-order valence-corrected chi connectivity index (χ1v) is 9.27. The van der Waals surface area contributed by atoms with Gasteiger partial charge in [0.1, 0.15) is 0 Å². The third-order valence-corrected chi connectivity index (χ3v) is 5.78. The van der Waals surface area contributed by atoms with Crippen LogP contribution in [0.25, 0.3) is 0 Å². The number of hydrogen-bond acceptors (Lipinski definition) is 1. The highest BCUT2D eigenvalue weighted by Gasteiger charge is 2.28. The average molecular weight is 334 g/mol. The van der Waals surface area contributed by atoms with E-state index >= 15 is 0 Å². The molecule has 1 aliphatic carbocycles. The van der Waals surface area contributed by atoms with Gasteiger partial charge >= 0.3 is 0 Å². The van der Waals surface area contributed by atoms with E-state index in [2.05, 4.69) is 13.0 Å². The second kappa shape index (κ2) is 7.77. The van der Waals surface area contributed by atoms with Gasteiger partial charge in [0, 0.05) is 0 Å². The lowest BCUT2D eigenvalue weighted by Gasteiger charge is -2.34. The van der Waals surface area contributed by atoms with E-state index in [1.807, 2.05) is 0 Å². The summed E-state index contributed by atoms with van der Waals surface area (Å²) in [6.45, 7) is 4.57. The average Bonchev–Trinajstić information content (AvgIpc) is 2.60. The molecule has 0 bridgehead atoms. The fourth-order valence-electron chi connectivity index (χ4n) is 3.96. The Bertz CT molecular complexity index is 600. The number of halogens is 2. The second-order valence-corrected chi connectivity index (χ2v) is 7.64. The minimum Gasteiger partial charge on any atom is -0.373 e. The van der Waals surface area contributed by atoms with Crippen LogP contribution in [0.15, 0.2) is 23.8 Å². The van der Waals surface area contributed by atoms with Gasteiger partial charge in [-0.05, 0) is 67.6 Å². The Kier molecular flexibility index (Phi) is 5.70. The SMILES string of the molecule is Cc1ccc(CCC2=CCC(C3CCC(C)CC3)OC2)c(F)c1F. The molecule has 2 aliphatic rings. The number of rotatable bonds is 4. The van der Waals surface area contributed by atoms with Crippen molar-refractivity contribution in [3.05, 3.63) is 46.5 Å². The Morgan fingerprint density at radius 1 is 1.04 bits per heavy atom. The van der Waals surface area contributed by atoms with Crippen molar-refractivity contribution < 1.29 is 13.5 Å². The molecule has 3 heteroatoms. The van der Waals surface area contributed by atoms with E-state index in [1.54, 1.807) is 19.1 Å². The van der Waals surface area contributed by atoms with Gasteiger partial charge in [-0.25, -0.2) is 8.78 Å². The van der Waals surface area contributed by atoms with Gasteiger partial charge in [0.25, 0.3) is 0 Å². The summed E-state index contributed by atoms with van der Waals surface area (Å²) in [5.41, 5.74) is 2.04. The summed E-state index contributed by atoms with van der Waals surface area (Å²) in [7, 11) is 0. The maximum absolute atomic E-state index is 13.9. The molecule has 1 fully saturated rings. The Balaban J connectivity index is 1.52. The lowest BCUT2D eigenvalue weighted by Crippen LogP contribution is -2.30. The second-order valence-electron chi connectivity index (χ2n) is 7.64. The van der Waals surface area contributed by atoms with Crippen LogP contribution in [0.3, 0.4) is 0 Å². The molecule has 0 radical (unpaired) electrons. The van der Waals surface area contributed by atoms with Gasteiger partial charge in [0.05, 0.1) is 12.7 Å². The molecule has 0 amide bonds. The van der Waals surface area contributed by atoms with Crippen LogP contribution in [0, 0.1) is 30.4 Å². The lowest BCUT2D eigenvalue weighted by atomic mass is 9.79. The zero-order chi connectivity index (χ0) is 17.1. The maximum atomic E-state index is 13.9. The molecular weight excluding hydrogens is 306 g/mol. The summed E-state index contributed by atoms with van der Waals surface area (Å²) in [5, 5.41) is 0. The van der Waals surface area contributed by atoms with E-state index in [-0.39, 0.29) is 0 Å². The summed E-state index contributed by atoms with van der Waals surface area (Å²) >= 11 is 0. The molecule has 1 unspecified atom stereocenters. The molecule has 1 nitrogen and oxygen atoms in total. The zero-order valence-corrected chi connectivity index (χ0v) is 14.8. The molecule has 24 heavy (non-hydrogen) atoms. The van der Waals surface area contributed by atoms with Crippen molar-refractivity contribution in [2.24, 2.45) is 11.8 Å². The Hall–Kier alpha value is -1.22. The van der Waals surface area contributed by atoms with Crippen LogP contribution < -0.4 is 0 Å². The molecule has 1 aromatic rings. The molecule has 1 aliphatic heterocycles. The van der Waals surface area contributed by atoms with E-state index in [0.29, 0.717) is 36.2 Å². The predicted molar refractivity (Wildman–Crippen MR) is 93.0 cm³/mol. The van der Waals surface area contributed by atoms with E-state index in [1.165, 1.54) is 31.3 Å². The molecule has 0 saturated heterocycles. The van der Waals surface area contributed by atoms with Gasteiger partial charge in [0.2, 0.25) is 0 Å². The largest absolute Gasteiger partial charge is 0.373 e. The Morgan fingerprint density at radius 3 is 2.46 bits per heavy atom. The van der Waals surface area contributed by atoms with E-state index in [9.17, 15) is 8.78 Å². The van der Waals surface area contributed by atoms with Gasteiger partial charge in [0.15, 0.2) is 11.6 Å². The van der Waals surface area contributed by atoms with Crippen molar-refractivity contribution in [2.75, 3.05) is 6.61 Å². The third kappa shape index (κ3) is 4.05. The van der Waals surface area contributed by atoms with Crippen molar-refractivity contribution in [1.82, 2.24) is 0 Å². The Morgan fingerprint density at radius 2 is 1.79 bits per heavy atom. The van der Waals surface area contributed by atoms with Gasteiger partial charge in [-0.15, -0.1) is 0 Å². The first-order chi connectivity index (χ1) is 11.5. The number of aryl methyl sites for hydroxylation is 2. The van der Waals surface area contributed by atoms with Crippen molar-refractivity contribution in [3.8, 4) is 0 Å². The molecule has 1 aromatic carbocycles. The first-order valence-electron chi connectivity index (χ1n) is 9.27. The maximum Gasteiger partial charge on any atom is 0.162 e. The fraction of sp³-hybridized carbons (Fsp3) is 0.619. The van der Waals surface area contributed by atoms with E-state index in [0.717, 1.165) is 18.8 Å². The molecule has 132 valence electrons. The topological polar surface area (TPSA) is 9.23 Å². The predicted octanol–water partition coefficient (Wildman–Crippen LogP) is 5.75. The minimum atomic E-state index is -0.715. The van der Waals surface area contributed by atoms with Crippen LogP contribution in [-0.2, 0) is 11.2 Å². The van der Waals surface area contributed by atoms with Crippen molar-refractivity contribution in [3.63, 3.8) is 0 Å². The summed E-state index contributed by atoms with van der Waals surface area (Å²) in [6.07, 6.45) is 10.1. The molecule has 1 saturated carbocycles.